The molecule has 2 rings (SSSR count). The highest BCUT2D eigenvalue weighted by Gasteiger charge is 2.19. The van der Waals surface area contributed by atoms with Gasteiger partial charge in [-0.1, -0.05) is 24.3 Å². The molecule has 1 heterocycles. The molecule has 2 N–H and O–H groups in total. The molecule has 1 aliphatic rings. The Hall–Kier alpha value is -0.900. The molecule has 2 unspecified atom stereocenters. The van der Waals surface area contributed by atoms with Gasteiger partial charge in [0, 0.05) is 0 Å². The van der Waals surface area contributed by atoms with Gasteiger partial charge in [-0.2, -0.15) is 0 Å². The van der Waals surface area contributed by atoms with Gasteiger partial charge in [-0.25, -0.2) is 0 Å². The van der Waals surface area contributed by atoms with E-state index in [1.165, 1.54) is 11.1 Å². The lowest BCUT2D eigenvalue weighted by Crippen LogP contribution is -2.30. The van der Waals surface area contributed by atoms with Crippen LogP contribution in [0.2, 0.25) is 0 Å². The monoisotopic (exact) mass is 235 g/mol. The van der Waals surface area contributed by atoms with Gasteiger partial charge in [-0.3, -0.25) is 0 Å². The molecule has 0 saturated heterocycles. The van der Waals surface area contributed by atoms with Crippen LogP contribution in [0.4, 0.5) is 0 Å². The first-order valence-corrected chi connectivity index (χ1v) is 6.34. The molecule has 94 valence electrons. The van der Waals surface area contributed by atoms with Crippen LogP contribution in [0, 0.1) is 0 Å². The first-order valence-electron chi connectivity index (χ1n) is 6.34. The molecule has 0 radical (unpaired) electrons. The second-order valence-electron chi connectivity index (χ2n) is 4.71. The highest BCUT2D eigenvalue weighted by Crippen LogP contribution is 2.24. The van der Waals surface area contributed by atoms with Crippen LogP contribution in [0.1, 0.15) is 36.9 Å². The highest BCUT2D eigenvalue weighted by molar-refractivity contribution is 5.30. The summed E-state index contributed by atoms with van der Waals surface area (Å²) in [6, 6.07) is 8.73. The molecule has 1 aromatic rings. The molecule has 2 atom stereocenters. The van der Waals surface area contributed by atoms with Crippen molar-refractivity contribution in [1.29, 1.82) is 0 Å². The minimum atomic E-state index is -0.202. The first kappa shape index (κ1) is 12.6. The predicted molar refractivity (Wildman–Crippen MR) is 67.8 cm³/mol. The maximum atomic E-state index is 9.19. The Morgan fingerprint density at radius 3 is 3.12 bits per heavy atom. The van der Waals surface area contributed by atoms with Gasteiger partial charge in [0.15, 0.2) is 0 Å². The summed E-state index contributed by atoms with van der Waals surface area (Å²) in [4.78, 5) is 0. The van der Waals surface area contributed by atoms with Crippen molar-refractivity contribution in [3.63, 3.8) is 0 Å². The highest BCUT2D eigenvalue weighted by atomic mass is 16.5. The van der Waals surface area contributed by atoms with Crippen LogP contribution in [0.25, 0.3) is 0 Å². The topological polar surface area (TPSA) is 41.5 Å². The zero-order valence-electron chi connectivity index (χ0n) is 10.4. The molecule has 0 saturated carbocycles. The summed E-state index contributed by atoms with van der Waals surface area (Å²) in [5, 5.41) is 12.7. The van der Waals surface area contributed by atoms with Crippen molar-refractivity contribution >= 4 is 0 Å². The van der Waals surface area contributed by atoms with E-state index in [-0.39, 0.29) is 6.10 Å². The average molecular weight is 235 g/mol. The second-order valence-corrected chi connectivity index (χ2v) is 4.71. The maximum Gasteiger partial charge on any atom is 0.0721 e. The van der Waals surface area contributed by atoms with E-state index in [0.717, 1.165) is 32.6 Å². The summed E-state index contributed by atoms with van der Waals surface area (Å²) in [6.45, 7) is 4.22. The molecule has 3 heteroatoms. The van der Waals surface area contributed by atoms with Crippen LogP contribution < -0.4 is 5.32 Å². The Balaban J connectivity index is 1.86. The van der Waals surface area contributed by atoms with Crippen LogP contribution >= 0.6 is 0 Å². The van der Waals surface area contributed by atoms with Crippen LogP contribution in [0.15, 0.2) is 24.3 Å². The summed E-state index contributed by atoms with van der Waals surface area (Å²) in [5.41, 5.74) is 2.64. The van der Waals surface area contributed by atoms with Crippen molar-refractivity contribution in [2.45, 2.75) is 38.5 Å². The summed E-state index contributed by atoms with van der Waals surface area (Å²) < 4.78 is 5.57. The SMILES string of the molecule is CC(O)CCCNC1COCc2ccccc21. The number of benzene rings is 1. The maximum absolute atomic E-state index is 9.19. The van der Waals surface area contributed by atoms with E-state index >= 15 is 0 Å². The number of ether oxygens (including phenoxy) is 1. The van der Waals surface area contributed by atoms with Gasteiger partial charge in [0.05, 0.1) is 25.4 Å². The third-order valence-corrected chi connectivity index (χ3v) is 3.16. The van der Waals surface area contributed by atoms with E-state index in [9.17, 15) is 5.11 Å². The second kappa shape index (κ2) is 6.15. The first-order chi connectivity index (χ1) is 8.27. The lowest BCUT2D eigenvalue weighted by atomic mass is 9.99. The van der Waals surface area contributed by atoms with Crippen molar-refractivity contribution < 1.29 is 9.84 Å². The lowest BCUT2D eigenvalue weighted by Gasteiger charge is -2.26. The van der Waals surface area contributed by atoms with Gasteiger partial charge in [0.2, 0.25) is 0 Å². The van der Waals surface area contributed by atoms with Crippen molar-refractivity contribution in [2.75, 3.05) is 13.2 Å². The summed E-state index contributed by atoms with van der Waals surface area (Å²) in [5.74, 6) is 0. The molecule has 3 nitrogen and oxygen atoms in total. The smallest absolute Gasteiger partial charge is 0.0721 e. The number of aliphatic hydroxyl groups excluding tert-OH is 1. The van der Waals surface area contributed by atoms with E-state index in [0.29, 0.717) is 6.04 Å². The van der Waals surface area contributed by atoms with Gasteiger partial charge in [0.1, 0.15) is 0 Å². The van der Waals surface area contributed by atoms with Crippen LogP contribution in [0.3, 0.4) is 0 Å². The molecule has 0 aromatic heterocycles. The standard InChI is InChI=1S/C14H21NO2/c1-11(16)5-4-8-15-14-10-17-9-12-6-2-3-7-13(12)14/h2-3,6-7,11,14-16H,4-5,8-10H2,1H3. The minimum Gasteiger partial charge on any atom is -0.393 e. The molecule has 0 bridgehead atoms. The quantitative estimate of drug-likeness (QED) is 0.767. The molecule has 0 amide bonds. The fourth-order valence-electron chi connectivity index (χ4n) is 2.22. The Morgan fingerprint density at radius 2 is 2.29 bits per heavy atom. The van der Waals surface area contributed by atoms with E-state index < -0.39 is 0 Å². The number of aliphatic hydroxyl groups is 1. The van der Waals surface area contributed by atoms with Crippen molar-refractivity contribution in [1.82, 2.24) is 5.32 Å². The van der Waals surface area contributed by atoms with Gasteiger partial charge >= 0.3 is 0 Å². The zero-order chi connectivity index (χ0) is 12.1. The van der Waals surface area contributed by atoms with E-state index in [4.69, 9.17) is 4.74 Å². The van der Waals surface area contributed by atoms with Crippen molar-refractivity contribution in [3.05, 3.63) is 35.4 Å². The van der Waals surface area contributed by atoms with Gasteiger partial charge in [0.25, 0.3) is 0 Å². The molecule has 0 aliphatic carbocycles. The van der Waals surface area contributed by atoms with Gasteiger partial charge < -0.3 is 15.2 Å². The van der Waals surface area contributed by atoms with Gasteiger partial charge in [-0.05, 0) is 37.4 Å². The number of hydrogen-bond acceptors (Lipinski definition) is 3. The number of fused-ring (bicyclic) bond motifs is 1. The molecule has 0 fully saturated rings. The Labute approximate surface area is 103 Å². The zero-order valence-corrected chi connectivity index (χ0v) is 10.4. The number of nitrogens with one attached hydrogen (secondary N) is 1. The number of hydrogen-bond donors (Lipinski definition) is 2. The van der Waals surface area contributed by atoms with Gasteiger partial charge in [-0.15, -0.1) is 0 Å². The van der Waals surface area contributed by atoms with E-state index in [2.05, 4.69) is 29.6 Å². The third kappa shape index (κ3) is 3.53. The molecular formula is C14H21NO2. The van der Waals surface area contributed by atoms with Crippen LogP contribution in [-0.4, -0.2) is 24.4 Å². The fraction of sp³-hybridized carbons (Fsp3) is 0.571. The Morgan fingerprint density at radius 1 is 1.47 bits per heavy atom. The Bertz CT molecular complexity index is 352. The summed E-state index contributed by atoms with van der Waals surface area (Å²) >= 11 is 0. The molecule has 1 aromatic carbocycles. The summed E-state index contributed by atoms with van der Waals surface area (Å²) in [6.07, 6.45) is 1.64. The van der Waals surface area contributed by atoms with Crippen molar-refractivity contribution in [2.24, 2.45) is 0 Å². The average Bonchev–Trinajstić information content (AvgIpc) is 2.34. The van der Waals surface area contributed by atoms with Crippen LogP contribution in [-0.2, 0) is 11.3 Å². The molecule has 1 aliphatic heterocycles. The van der Waals surface area contributed by atoms with E-state index in [1.54, 1.807) is 0 Å². The minimum absolute atomic E-state index is 0.202. The third-order valence-electron chi connectivity index (χ3n) is 3.16. The number of rotatable bonds is 5. The largest absolute Gasteiger partial charge is 0.393 e. The normalized spacial score (nSPS) is 20.9. The lowest BCUT2D eigenvalue weighted by molar-refractivity contribution is 0.0816. The summed E-state index contributed by atoms with van der Waals surface area (Å²) in [7, 11) is 0. The van der Waals surface area contributed by atoms with Crippen molar-refractivity contribution in [3.8, 4) is 0 Å². The van der Waals surface area contributed by atoms with Crippen LogP contribution in [0.5, 0.6) is 0 Å². The molecule has 17 heavy (non-hydrogen) atoms. The predicted octanol–water partition coefficient (Wildman–Crippen LogP) is 2.01. The molecule has 0 spiro atoms. The van der Waals surface area contributed by atoms with E-state index in [1.807, 2.05) is 6.92 Å². The fourth-order valence-corrected chi connectivity index (χ4v) is 2.22. The molecular weight excluding hydrogens is 214 g/mol. The Kier molecular flexibility index (Phi) is 4.54.